The number of benzene rings is 2. The Morgan fingerprint density at radius 3 is 2.37 bits per heavy atom. The van der Waals surface area contributed by atoms with Gasteiger partial charge in [0.15, 0.2) is 0 Å². The van der Waals surface area contributed by atoms with E-state index in [1.165, 1.54) is 31.4 Å². The van der Waals surface area contributed by atoms with Crippen LogP contribution >= 0.6 is 11.6 Å². The van der Waals surface area contributed by atoms with Crippen molar-refractivity contribution in [1.82, 2.24) is 15.6 Å². The lowest BCUT2D eigenvalue weighted by Crippen LogP contribution is -2.41. The quantitative estimate of drug-likeness (QED) is 0.584. The van der Waals surface area contributed by atoms with Crippen LogP contribution in [-0.2, 0) is 10.0 Å². The maximum absolute atomic E-state index is 12.8. The number of hydrogen-bond acceptors (Lipinski definition) is 5. The first kappa shape index (κ1) is 22.1. The highest BCUT2D eigenvalue weighted by Crippen LogP contribution is 2.27. The Kier molecular flexibility index (Phi) is 6.96. The molecule has 1 aliphatic rings. The van der Waals surface area contributed by atoms with Gasteiger partial charge in [0.25, 0.3) is 11.8 Å². The van der Waals surface area contributed by atoms with Gasteiger partial charge in [-0.05, 0) is 43.2 Å². The van der Waals surface area contributed by atoms with Crippen molar-refractivity contribution in [1.29, 1.82) is 0 Å². The van der Waals surface area contributed by atoms with E-state index in [0.29, 0.717) is 0 Å². The fourth-order valence-electron chi connectivity index (χ4n) is 3.25. The predicted molar refractivity (Wildman–Crippen MR) is 112 cm³/mol. The van der Waals surface area contributed by atoms with Crippen LogP contribution in [0.5, 0.6) is 5.75 Å². The van der Waals surface area contributed by atoms with Gasteiger partial charge in [0.2, 0.25) is 10.0 Å². The van der Waals surface area contributed by atoms with Crippen molar-refractivity contribution in [2.75, 3.05) is 7.11 Å². The average Bonchev–Trinajstić information content (AvgIpc) is 3.24. The standard InChI is InChI=1S/C20H22ClN3O5S/c1-29-17-11-10-13(12-18(17)30(27,28)24-14-6-2-3-7-14)19(25)22-23-20(26)15-8-4-5-9-16(15)21/h4-5,8-12,14,24H,2-3,6-7H2,1H3,(H,22,25)(H,23,26). The van der Waals surface area contributed by atoms with Gasteiger partial charge >= 0.3 is 0 Å². The van der Waals surface area contributed by atoms with Crippen LogP contribution in [0.1, 0.15) is 46.4 Å². The Morgan fingerprint density at radius 2 is 1.70 bits per heavy atom. The lowest BCUT2D eigenvalue weighted by atomic mass is 10.2. The minimum atomic E-state index is -3.88. The van der Waals surface area contributed by atoms with E-state index in [0.717, 1.165) is 25.7 Å². The third-order valence-electron chi connectivity index (χ3n) is 4.80. The van der Waals surface area contributed by atoms with Crippen LogP contribution in [-0.4, -0.2) is 33.4 Å². The molecule has 2 aromatic rings. The second-order valence-corrected chi connectivity index (χ2v) is 8.95. The van der Waals surface area contributed by atoms with Gasteiger partial charge in [-0.2, -0.15) is 0 Å². The maximum Gasteiger partial charge on any atom is 0.271 e. The van der Waals surface area contributed by atoms with Crippen molar-refractivity contribution in [2.45, 2.75) is 36.6 Å². The van der Waals surface area contributed by atoms with Gasteiger partial charge in [-0.25, -0.2) is 13.1 Å². The zero-order chi connectivity index (χ0) is 21.7. The van der Waals surface area contributed by atoms with Crippen molar-refractivity contribution in [3.63, 3.8) is 0 Å². The fraction of sp³-hybridized carbons (Fsp3) is 0.300. The van der Waals surface area contributed by atoms with E-state index in [2.05, 4.69) is 15.6 Å². The van der Waals surface area contributed by atoms with Crippen LogP contribution in [0.25, 0.3) is 0 Å². The van der Waals surface area contributed by atoms with E-state index < -0.39 is 21.8 Å². The summed E-state index contributed by atoms with van der Waals surface area (Å²) in [5.74, 6) is -1.16. The number of rotatable bonds is 6. The topological polar surface area (TPSA) is 114 Å². The molecule has 0 atom stereocenters. The molecule has 0 saturated heterocycles. The van der Waals surface area contributed by atoms with Crippen LogP contribution in [0.15, 0.2) is 47.4 Å². The second kappa shape index (κ2) is 9.46. The van der Waals surface area contributed by atoms with Gasteiger partial charge in [-0.1, -0.05) is 36.6 Å². The highest BCUT2D eigenvalue weighted by molar-refractivity contribution is 7.89. The van der Waals surface area contributed by atoms with Crippen molar-refractivity contribution in [2.24, 2.45) is 0 Å². The van der Waals surface area contributed by atoms with Gasteiger partial charge in [0.05, 0.1) is 17.7 Å². The molecule has 160 valence electrons. The smallest absolute Gasteiger partial charge is 0.271 e. The van der Waals surface area contributed by atoms with Crippen molar-refractivity contribution in [3.05, 3.63) is 58.6 Å². The number of nitrogens with one attached hydrogen (secondary N) is 3. The van der Waals surface area contributed by atoms with E-state index in [1.807, 2.05) is 0 Å². The molecule has 0 heterocycles. The van der Waals surface area contributed by atoms with E-state index in [9.17, 15) is 18.0 Å². The maximum atomic E-state index is 12.8. The van der Waals surface area contributed by atoms with Gasteiger partial charge in [0, 0.05) is 11.6 Å². The summed E-state index contributed by atoms with van der Waals surface area (Å²) in [7, 11) is -2.53. The zero-order valence-corrected chi connectivity index (χ0v) is 17.8. The van der Waals surface area contributed by atoms with Crippen LogP contribution in [0.3, 0.4) is 0 Å². The third kappa shape index (κ3) is 5.10. The normalized spacial score (nSPS) is 14.3. The summed E-state index contributed by atoms with van der Waals surface area (Å²) in [6.45, 7) is 0. The molecule has 2 aromatic carbocycles. The van der Waals surface area contributed by atoms with E-state index in [-0.39, 0.29) is 32.8 Å². The minimum Gasteiger partial charge on any atom is -0.495 e. The summed E-state index contributed by atoms with van der Waals surface area (Å²) in [6, 6.07) is 10.3. The third-order valence-corrected chi connectivity index (χ3v) is 6.67. The molecular weight excluding hydrogens is 430 g/mol. The van der Waals surface area contributed by atoms with Crippen LogP contribution < -0.4 is 20.3 Å². The first-order valence-electron chi connectivity index (χ1n) is 9.37. The number of carbonyl (C=O) groups excluding carboxylic acids is 2. The van der Waals surface area contributed by atoms with Crippen molar-refractivity contribution in [3.8, 4) is 5.75 Å². The molecule has 1 fully saturated rings. The number of halogens is 1. The number of sulfonamides is 1. The predicted octanol–water partition coefficient (Wildman–Crippen LogP) is 2.64. The van der Waals surface area contributed by atoms with Gasteiger partial charge in [-0.3, -0.25) is 20.4 Å². The lowest BCUT2D eigenvalue weighted by Gasteiger charge is -2.16. The van der Waals surface area contributed by atoms with Crippen molar-refractivity contribution >= 4 is 33.4 Å². The summed E-state index contributed by atoms with van der Waals surface area (Å²) in [5.41, 5.74) is 4.76. The molecule has 10 heteroatoms. The zero-order valence-electron chi connectivity index (χ0n) is 16.3. The highest BCUT2D eigenvalue weighted by Gasteiger charge is 2.26. The summed E-state index contributed by atoms with van der Waals surface area (Å²) < 4.78 is 33.5. The van der Waals surface area contributed by atoms with E-state index >= 15 is 0 Å². The molecule has 3 N–H and O–H groups in total. The van der Waals surface area contributed by atoms with Gasteiger partial charge in [-0.15, -0.1) is 0 Å². The lowest BCUT2D eigenvalue weighted by molar-refractivity contribution is 0.0846. The van der Waals surface area contributed by atoms with Crippen LogP contribution in [0, 0.1) is 0 Å². The van der Waals surface area contributed by atoms with Crippen LogP contribution in [0.2, 0.25) is 5.02 Å². The number of ether oxygens (including phenoxy) is 1. The first-order chi connectivity index (χ1) is 14.3. The molecule has 0 unspecified atom stereocenters. The molecule has 0 bridgehead atoms. The number of amides is 2. The number of carbonyl (C=O) groups is 2. The number of hydrazine groups is 1. The summed E-state index contributed by atoms with van der Waals surface area (Å²) in [4.78, 5) is 24.5. The molecule has 0 radical (unpaired) electrons. The number of hydrogen-bond donors (Lipinski definition) is 3. The van der Waals surface area contributed by atoms with E-state index in [1.54, 1.807) is 18.2 Å². The van der Waals surface area contributed by atoms with Gasteiger partial charge < -0.3 is 4.74 Å². The molecule has 1 saturated carbocycles. The molecule has 1 aliphatic carbocycles. The summed E-state index contributed by atoms with van der Waals surface area (Å²) in [5, 5.41) is 0.236. The SMILES string of the molecule is COc1ccc(C(=O)NNC(=O)c2ccccc2Cl)cc1S(=O)(=O)NC1CCCC1. The average molecular weight is 452 g/mol. The first-order valence-corrected chi connectivity index (χ1v) is 11.2. The molecule has 0 aliphatic heterocycles. The summed E-state index contributed by atoms with van der Waals surface area (Å²) >= 11 is 5.96. The minimum absolute atomic E-state index is 0.0436. The number of methoxy groups -OCH3 is 1. The Bertz CT molecular complexity index is 1050. The monoisotopic (exact) mass is 451 g/mol. The fourth-order valence-corrected chi connectivity index (χ4v) is 4.97. The van der Waals surface area contributed by atoms with Crippen LogP contribution in [0.4, 0.5) is 0 Å². The molecule has 8 nitrogen and oxygen atoms in total. The molecule has 0 spiro atoms. The Morgan fingerprint density at radius 1 is 1.03 bits per heavy atom. The van der Waals surface area contributed by atoms with Gasteiger partial charge in [0.1, 0.15) is 10.6 Å². The van der Waals surface area contributed by atoms with E-state index in [4.69, 9.17) is 16.3 Å². The highest BCUT2D eigenvalue weighted by atomic mass is 35.5. The second-order valence-electron chi connectivity index (χ2n) is 6.86. The molecule has 3 rings (SSSR count). The Balaban J connectivity index is 1.75. The summed E-state index contributed by atoms with van der Waals surface area (Å²) in [6.07, 6.45) is 3.49. The Hall–Kier alpha value is -2.62. The molecule has 30 heavy (non-hydrogen) atoms. The molecule has 2 amide bonds. The molecular formula is C20H22ClN3O5S. The van der Waals surface area contributed by atoms with Crippen molar-refractivity contribution < 1.29 is 22.7 Å². The molecule has 0 aromatic heterocycles. The largest absolute Gasteiger partial charge is 0.495 e. The Labute approximate surface area is 180 Å².